The molecule has 0 fully saturated rings. The first-order chi connectivity index (χ1) is 11.6. The first-order valence-corrected chi connectivity index (χ1v) is 7.17. The minimum Gasteiger partial charge on any atom is -0.478 e. The second kappa shape index (κ2) is 6.27. The molecule has 0 unspecified atom stereocenters. The maximum absolute atomic E-state index is 11.7. The molecule has 0 saturated heterocycles. The number of hydrogen-bond donors (Lipinski definition) is 2. The summed E-state index contributed by atoms with van der Waals surface area (Å²) in [7, 11) is 0. The molecule has 0 spiro atoms. The van der Waals surface area contributed by atoms with Gasteiger partial charge in [0.15, 0.2) is 0 Å². The minimum atomic E-state index is -1.31. The zero-order valence-electron chi connectivity index (χ0n) is 12.5. The van der Waals surface area contributed by atoms with Crippen molar-refractivity contribution in [1.82, 2.24) is 0 Å². The number of fused-ring (bicyclic) bond motifs is 1. The van der Waals surface area contributed by atoms with Crippen LogP contribution in [0.25, 0.3) is 10.8 Å². The summed E-state index contributed by atoms with van der Waals surface area (Å²) in [5, 5.41) is 20.1. The summed E-state index contributed by atoms with van der Waals surface area (Å²) >= 11 is 0. The van der Waals surface area contributed by atoms with Crippen LogP contribution in [0.2, 0.25) is 0 Å². The number of aromatic carboxylic acids is 2. The molecule has 0 atom stereocenters. The molecule has 3 aromatic carbocycles. The molecule has 2 N–H and O–H groups in total. The summed E-state index contributed by atoms with van der Waals surface area (Å²) in [6.45, 7) is 0. The van der Waals surface area contributed by atoms with Crippen molar-refractivity contribution < 1.29 is 19.8 Å². The predicted molar refractivity (Wildman–Crippen MR) is 90.3 cm³/mol. The van der Waals surface area contributed by atoms with Gasteiger partial charge >= 0.3 is 11.9 Å². The van der Waals surface area contributed by atoms with Crippen LogP contribution in [0.4, 0.5) is 0 Å². The van der Waals surface area contributed by atoms with Crippen LogP contribution in [0, 0.1) is 11.8 Å². The van der Waals surface area contributed by atoms with Gasteiger partial charge in [-0.05, 0) is 29.0 Å². The number of hydrogen-bond acceptors (Lipinski definition) is 2. The second-order valence-corrected chi connectivity index (χ2v) is 5.12. The van der Waals surface area contributed by atoms with Crippen molar-refractivity contribution in [1.29, 1.82) is 0 Å². The van der Waals surface area contributed by atoms with Gasteiger partial charge in [0.2, 0.25) is 0 Å². The third-order valence-electron chi connectivity index (χ3n) is 3.59. The second-order valence-electron chi connectivity index (χ2n) is 5.12. The Labute approximate surface area is 138 Å². The summed E-state index contributed by atoms with van der Waals surface area (Å²) in [5.74, 6) is 3.09. The SMILES string of the molecule is O=C(O)c1c(C#Cc2ccccc2)cc2ccccc2c1C(=O)O. The summed E-state index contributed by atoms with van der Waals surface area (Å²) in [6.07, 6.45) is 0. The maximum Gasteiger partial charge on any atom is 0.337 e. The molecular weight excluding hydrogens is 304 g/mol. The first kappa shape index (κ1) is 15.3. The van der Waals surface area contributed by atoms with E-state index in [1.807, 2.05) is 18.2 Å². The Morgan fingerprint density at radius 1 is 0.750 bits per heavy atom. The normalized spacial score (nSPS) is 10.0. The molecule has 0 heterocycles. The molecule has 0 bridgehead atoms. The highest BCUT2D eigenvalue weighted by molar-refractivity contribution is 6.13. The zero-order chi connectivity index (χ0) is 17.1. The lowest BCUT2D eigenvalue weighted by Gasteiger charge is -2.09. The summed E-state index contributed by atoms with van der Waals surface area (Å²) < 4.78 is 0. The number of carbonyl (C=O) groups is 2. The molecule has 0 saturated carbocycles. The van der Waals surface area contributed by atoms with E-state index in [0.717, 1.165) is 5.56 Å². The highest BCUT2D eigenvalue weighted by Gasteiger charge is 2.22. The van der Waals surface area contributed by atoms with Gasteiger partial charge in [0.05, 0.1) is 11.1 Å². The smallest absolute Gasteiger partial charge is 0.337 e. The minimum absolute atomic E-state index is 0.183. The zero-order valence-corrected chi connectivity index (χ0v) is 12.5. The number of carboxylic acids is 2. The van der Waals surface area contributed by atoms with Crippen LogP contribution in [-0.2, 0) is 0 Å². The predicted octanol–water partition coefficient (Wildman–Crippen LogP) is 3.64. The van der Waals surface area contributed by atoms with E-state index in [1.165, 1.54) is 0 Å². The number of carboxylic acid groups (broad SMARTS) is 2. The van der Waals surface area contributed by atoms with Crippen molar-refractivity contribution in [3.05, 3.63) is 82.9 Å². The lowest BCUT2D eigenvalue weighted by atomic mass is 9.94. The highest BCUT2D eigenvalue weighted by Crippen LogP contribution is 2.26. The van der Waals surface area contributed by atoms with E-state index in [9.17, 15) is 19.8 Å². The molecule has 116 valence electrons. The molecule has 24 heavy (non-hydrogen) atoms. The number of benzene rings is 3. The fraction of sp³-hybridized carbons (Fsp3) is 0. The Kier molecular flexibility index (Phi) is 4.00. The molecular formula is C20H12O4. The van der Waals surface area contributed by atoms with Gasteiger partial charge in [0.1, 0.15) is 0 Å². The maximum atomic E-state index is 11.7. The van der Waals surface area contributed by atoms with Crippen LogP contribution in [0.5, 0.6) is 0 Å². The largest absolute Gasteiger partial charge is 0.478 e. The average molecular weight is 316 g/mol. The van der Waals surface area contributed by atoms with Crippen molar-refractivity contribution in [2.24, 2.45) is 0 Å². The fourth-order valence-electron chi connectivity index (χ4n) is 2.55. The summed E-state index contributed by atoms with van der Waals surface area (Å²) in [4.78, 5) is 23.3. The molecule has 0 aromatic heterocycles. The van der Waals surface area contributed by atoms with Gasteiger partial charge in [-0.3, -0.25) is 0 Å². The van der Waals surface area contributed by atoms with Gasteiger partial charge in [-0.2, -0.15) is 0 Å². The molecule has 0 aliphatic heterocycles. The van der Waals surface area contributed by atoms with Crippen molar-refractivity contribution in [2.45, 2.75) is 0 Å². The van der Waals surface area contributed by atoms with Crippen molar-refractivity contribution >= 4 is 22.7 Å². The van der Waals surface area contributed by atoms with Gasteiger partial charge in [-0.1, -0.05) is 54.3 Å². The van der Waals surface area contributed by atoms with Gasteiger partial charge in [0, 0.05) is 11.1 Å². The lowest BCUT2D eigenvalue weighted by molar-refractivity contribution is 0.0653. The molecule has 0 amide bonds. The van der Waals surface area contributed by atoms with Crippen LogP contribution in [0.15, 0.2) is 60.7 Å². The number of rotatable bonds is 2. The Morgan fingerprint density at radius 3 is 2.04 bits per heavy atom. The van der Waals surface area contributed by atoms with Gasteiger partial charge < -0.3 is 10.2 Å². The Morgan fingerprint density at radius 2 is 1.38 bits per heavy atom. The third-order valence-corrected chi connectivity index (χ3v) is 3.59. The van der Waals surface area contributed by atoms with E-state index >= 15 is 0 Å². The Bertz CT molecular complexity index is 1010. The first-order valence-electron chi connectivity index (χ1n) is 7.17. The van der Waals surface area contributed by atoms with Crippen molar-refractivity contribution in [2.75, 3.05) is 0 Å². The van der Waals surface area contributed by atoms with Crippen molar-refractivity contribution in [3.8, 4) is 11.8 Å². The van der Waals surface area contributed by atoms with E-state index < -0.39 is 11.9 Å². The van der Waals surface area contributed by atoms with Gasteiger partial charge in [0.25, 0.3) is 0 Å². The molecule has 0 aliphatic rings. The molecule has 4 nitrogen and oxygen atoms in total. The van der Waals surface area contributed by atoms with E-state index in [4.69, 9.17) is 0 Å². The van der Waals surface area contributed by atoms with Crippen LogP contribution in [-0.4, -0.2) is 22.2 Å². The molecule has 0 aliphatic carbocycles. The van der Waals surface area contributed by atoms with E-state index in [0.29, 0.717) is 10.8 Å². The molecule has 3 aromatic rings. The van der Waals surface area contributed by atoms with E-state index in [2.05, 4.69) is 11.8 Å². The third kappa shape index (κ3) is 2.83. The summed E-state index contributed by atoms with van der Waals surface area (Å²) in [6, 6.07) is 17.5. The Balaban J connectivity index is 2.31. The van der Waals surface area contributed by atoms with Crippen LogP contribution in [0.3, 0.4) is 0 Å². The Hall–Kier alpha value is -3.58. The topological polar surface area (TPSA) is 74.6 Å². The van der Waals surface area contributed by atoms with Crippen LogP contribution < -0.4 is 0 Å². The van der Waals surface area contributed by atoms with Gasteiger partial charge in [-0.15, -0.1) is 0 Å². The average Bonchev–Trinajstić information content (AvgIpc) is 2.59. The molecule has 4 heteroatoms. The van der Waals surface area contributed by atoms with E-state index in [-0.39, 0.29) is 16.7 Å². The standard InChI is InChI=1S/C20H12O4/c21-19(22)17-15(11-10-13-6-2-1-3-7-13)12-14-8-4-5-9-16(14)18(17)20(23)24/h1-9,12H,(H,21,22)(H,23,24). The monoisotopic (exact) mass is 316 g/mol. The summed E-state index contributed by atoms with van der Waals surface area (Å²) in [5.41, 5.74) is 0.379. The van der Waals surface area contributed by atoms with Crippen molar-refractivity contribution in [3.63, 3.8) is 0 Å². The fourth-order valence-corrected chi connectivity index (χ4v) is 2.55. The van der Waals surface area contributed by atoms with Crippen LogP contribution >= 0.6 is 0 Å². The van der Waals surface area contributed by atoms with Crippen LogP contribution in [0.1, 0.15) is 31.8 Å². The molecule has 0 radical (unpaired) electrons. The quantitative estimate of drug-likeness (QED) is 0.708. The van der Waals surface area contributed by atoms with Gasteiger partial charge in [-0.25, -0.2) is 9.59 Å². The molecule has 3 rings (SSSR count). The lowest BCUT2D eigenvalue weighted by Crippen LogP contribution is -2.11. The van der Waals surface area contributed by atoms with E-state index in [1.54, 1.807) is 42.5 Å². The highest BCUT2D eigenvalue weighted by atomic mass is 16.4.